The van der Waals surface area contributed by atoms with E-state index >= 15 is 0 Å². The Morgan fingerprint density at radius 1 is 1.31 bits per heavy atom. The number of benzene rings is 1. The molecule has 0 unspecified atom stereocenters. The van der Waals surface area contributed by atoms with Crippen molar-refractivity contribution in [2.45, 2.75) is 6.18 Å². The second-order valence-corrected chi connectivity index (χ2v) is 3.67. The maximum absolute atomic E-state index is 12.8. The Hall–Kier alpha value is -0.820. The Balaban J connectivity index is 3.21. The minimum absolute atomic E-state index is 0.114. The zero-order valence-corrected chi connectivity index (χ0v) is 9.65. The zero-order valence-electron chi connectivity index (χ0n) is 8.07. The molecule has 2 nitrogen and oxygen atoms in total. The summed E-state index contributed by atoms with van der Waals surface area (Å²) in [6, 6.07) is 1.26. The lowest BCUT2D eigenvalue weighted by atomic mass is 10.2. The van der Waals surface area contributed by atoms with Gasteiger partial charge in [-0.1, -0.05) is 0 Å². The summed E-state index contributed by atoms with van der Waals surface area (Å²) < 4.78 is 59.5. The van der Waals surface area contributed by atoms with E-state index in [0.29, 0.717) is 6.07 Å². The molecule has 0 fully saturated rings. The van der Waals surface area contributed by atoms with Crippen molar-refractivity contribution < 1.29 is 27.0 Å². The van der Waals surface area contributed by atoms with Crippen molar-refractivity contribution >= 4 is 15.9 Å². The number of alkyl halides is 3. The Labute approximate surface area is 97.3 Å². The fourth-order valence-electron chi connectivity index (χ4n) is 1.04. The van der Waals surface area contributed by atoms with Gasteiger partial charge in [-0.25, -0.2) is 4.39 Å². The molecule has 1 aromatic rings. The van der Waals surface area contributed by atoms with E-state index in [1.165, 1.54) is 7.11 Å². The van der Waals surface area contributed by atoms with E-state index in [1.54, 1.807) is 0 Å². The molecule has 1 aromatic carbocycles. The van der Waals surface area contributed by atoms with Crippen molar-refractivity contribution in [1.29, 1.82) is 0 Å². The molecule has 0 radical (unpaired) electrons. The maximum Gasteiger partial charge on any atom is 0.420 e. The quantitative estimate of drug-likeness (QED) is 0.627. The lowest BCUT2D eigenvalue weighted by Gasteiger charge is -2.15. The molecule has 0 amide bonds. The molecule has 90 valence electrons. The second-order valence-electron chi connectivity index (χ2n) is 2.81. The average molecular weight is 303 g/mol. The molecule has 0 atom stereocenters. The normalized spacial score (nSPS) is 11.6. The van der Waals surface area contributed by atoms with Crippen LogP contribution in [0.2, 0.25) is 0 Å². The number of ether oxygens (including phenoxy) is 2. The summed E-state index contributed by atoms with van der Waals surface area (Å²) in [7, 11) is 1.27. The molecule has 1 rings (SSSR count). The van der Waals surface area contributed by atoms with E-state index < -0.39 is 23.3 Å². The minimum atomic E-state index is -4.69. The fourth-order valence-corrected chi connectivity index (χ4v) is 1.58. The van der Waals surface area contributed by atoms with Crippen molar-refractivity contribution in [3.63, 3.8) is 0 Å². The lowest BCUT2D eigenvalue weighted by molar-refractivity contribution is -0.139. The SMILES string of the molecule is COCOc1c(Br)cc(F)cc1C(F)(F)F. The molecular formula is C9H7BrF4O2. The maximum atomic E-state index is 12.8. The molecule has 0 saturated heterocycles. The van der Waals surface area contributed by atoms with Crippen molar-refractivity contribution in [3.05, 3.63) is 28.0 Å². The third-order valence-electron chi connectivity index (χ3n) is 1.63. The minimum Gasteiger partial charge on any atom is -0.466 e. The highest BCUT2D eigenvalue weighted by atomic mass is 79.9. The van der Waals surface area contributed by atoms with Gasteiger partial charge in [0.05, 0.1) is 4.47 Å². The standard InChI is InChI=1S/C9H7BrF4O2/c1-15-4-16-8-6(9(12,13)14)2-5(11)3-7(8)10/h2-3H,4H2,1H3. The molecule has 16 heavy (non-hydrogen) atoms. The lowest BCUT2D eigenvalue weighted by Crippen LogP contribution is -2.11. The third-order valence-corrected chi connectivity index (χ3v) is 2.22. The van der Waals surface area contributed by atoms with Crippen LogP contribution in [0.5, 0.6) is 5.75 Å². The Morgan fingerprint density at radius 2 is 1.94 bits per heavy atom. The first-order valence-electron chi connectivity index (χ1n) is 4.04. The Morgan fingerprint density at radius 3 is 2.44 bits per heavy atom. The van der Waals surface area contributed by atoms with E-state index in [2.05, 4.69) is 20.7 Å². The summed E-state index contributed by atoms with van der Waals surface area (Å²) in [4.78, 5) is 0. The van der Waals surface area contributed by atoms with Gasteiger partial charge in [0.1, 0.15) is 17.1 Å². The Bertz CT molecular complexity index is 379. The topological polar surface area (TPSA) is 18.5 Å². The van der Waals surface area contributed by atoms with Gasteiger partial charge in [0.2, 0.25) is 0 Å². The molecule has 0 spiro atoms. The molecule has 0 N–H and O–H groups in total. The van der Waals surface area contributed by atoms with Crippen LogP contribution in [0.3, 0.4) is 0 Å². The van der Waals surface area contributed by atoms with Crippen LogP contribution < -0.4 is 4.74 Å². The largest absolute Gasteiger partial charge is 0.466 e. The summed E-state index contributed by atoms with van der Waals surface area (Å²) in [5.74, 6) is -1.49. The van der Waals surface area contributed by atoms with E-state index in [4.69, 9.17) is 4.74 Å². The van der Waals surface area contributed by atoms with Crippen LogP contribution in [0.15, 0.2) is 16.6 Å². The summed E-state index contributed by atoms with van der Waals surface area (Å²) in [5.41, 5.74) is -1.18. The van der Waals surface area contributed by atoms with Gasteiger partial charge in [-0.15, -0.1) is 0 Å². The number of halogens is 5. The van der Waals surface area contributed by atoms with E-state index in [1.807, 2.05) is 0 Å². The molecule has 0 aliphatic carbocycles. The van der Waals surface area contributed by atoms with Crippen molar-refractivity contribution in [2.75, 3.05) is 13.9 Å². The van der Waals surface area contributed by atoms with Crippen LogP contribution in [-0.4, -0.2) is 13.9 Å². The van der Waals surface area contributed by atoms with Crippen molar-refractivity contribution in [3.8, 4) is 5.75 Å². The van der Waals surface area contributed by atoms with Crippen LogP contribution in [-0.2, 0) is 10.9 Å². The van der Waals surface area contributed by atoms with Gasteiger partial charge in [-0.05, 0) is 28.1 Å². The first-order valence-corrected chi connectivity index (χ1v) is 4.83. The molecule has 0 aromatic heterocycles. The van der Waals surface area contributed by atoms with Gasteiger partial charge in [0.25, 0.3) is 0 Å². The van der Waals surface area contributed by atoms with E-state index in [-0.39, 0.29) is 11.3 Å². The monoisotopic (exact) mass is 302 g/mol. The second kappa shape index (κ2) is 5.01. The first kappa shape index (κ1) is 13.2. The van der Waals surface area contributed by atoms with Crippen LogP contribution in [0.25, 0.3) is 0 Å². The number of hydrogen-bond acceptors (Lipinski definition) is 2. The highest BCUT2D eigenvalue weighted by Crippen LogP contribution is 2.40. The molecule has 0 saturated carbocycles. The van der Waals surface area contributed by atoms with Crippen LogP contribution in [0.4, 0.5) is 17.6 Å². The summed E-state index contributed by atoms with van der Waals surface area (Å²) >= 11 is 2.80. The van der Waals surface area contributed by atoms with Gasteiger partial charge in [0.15, 0.2) is 6.79 Å². The van der Waals surface area contributed by atoms with Crippen LogP contribution in [0, 0.1) is 5.82 Å². The Kier molecular flexibility index (Phi) is 4.15. The average Bonchev–Trinajstić information content (AvgIpc) is 2.14. The number of rotatable bonds is 3. The summed E-state index contributed by atoms with van der Waals surface area (Å²) in [6.07, 6.45) is -4.69. The van der Waals surface area contributed by atoms with E-state index in [9.17, 15) is 17.6 Å². The number of methoxy groups -OCH3 is 1. The summed E-state index contributed by atoms with van der Waals surface area (Å²) in [6.45, 7) is -0.354. The predicted octanol–water partition coefficient (Wildman–Crippen LogP) is 3.59. The van der Waals surface area contributed by atoms with Gasteiger partial charge in [-0.2, -0.15) is 13.2 Å². The molecule has 0 heterocycles. The zero-order chi connectivity index (χ0) is 12.3. The van der Waals surface area contributed by atoms with Gasteiger partial charge in [-0.3, -0.25) is 0 Å². The molecule has 0 aliphatic rings. The molecule has 0 bridgehead atoms. The van der Waals surface area contributed by atoms with Crippen molar-refractivity contribution in [2.24, 2.45) is 0 Å². The smallest absolute Gasteiger partial charge is 0.420 e. The highest BCUT2D eigenvalue weighted by Gasteiger charge is 2.36. The fraction of sp³-hybridized carbons (Fsp3) is 0.333. The highest BCUT2D eigenvalue weighted by molar-refractivity contribution is 9.10. The molecular weight excluding hydrogens is 296 g/mol. The predicted molar refractivity (Wildman–Crippen MR) is 51.6 cm³/mol. The van der Waals surface area contributed by atoms with Gasteiger partial charge < -0.3 is 9.47 Å². The summed E-state index contributed by atoms with van der Waals surface area (Å²) in [5, 5.41) is 0. The van der Waals surface area contributed by atoms with E-state index in [0.717, 1.165) is 6.07 Å². The van der Waals surface area contributed by atoms with Crippen LogP contribution in [0.1, 0.15) is 5.56 Å². The molecule has 0 aliphatic heterocycles. The number of hydrogen-bond donors (Lipinski definition) is 0. The van der Waals surface area contributed by atoms with Gasteiger partial charge >= 0.3 is 6.18 Å². The third kappa shape index (κ3) is 3.08. The van der Waals surface area contributed by atoms with Crippen molar-refractivity contribution in [1.82, 2.24) is 0 Å². The van der Waals surface area contributed by atoms with Gasteiger partial charge in [0, 0.05) is 7.11 Å². The molecule has 7 heteroatoms. The van der Waals surface area contributed by atoms with Crippen LogP contribution >= 0.6 is 15.9 Å². The first-order chi connectivity index (χ1) is 7.36.